The van der Waals surface area contributed by atoms with E-state index < -0.39 is 10.0 Å². The molecule has 1 aliphatic carbocycles. The Kier molecular flexibility index (Phi) is 7.48. The molecular weight excluding hydrogens is 452 g/mol. The van der Waals surface area contributed by atoms with Gasteiger partial charge >= 0.3 is 0 Å². The maximum absolute atomic E-state index is 13.3. The number of ether oxygens (including phenoxy) is 2. The van der Waals surface area contributed by atoms with E-state index in [-0.39, 0.29) is 11.8 Å². The number of hydrogen-bond acceptors (Lipinski definition) is 5. The van der Waals surface area contributed by atoms with Crippen molar-refractivity contribution in [2.24, 2.45) is 5.92 Å². The Bertz CT molecular complexity index is 1140. The zero-order valence-electron chi connectivity index (χ0n) is 20.2. The molecule has 8 heteroatoms. The lowest BCUT2D eigenvalue weighted by Gasteiger charge is -2.33. The van der Waals surface area contributed by atoms with Crippen LogP contribution in [-0.2, 0) is 34.2 Å². The van der Waals surface area contributed by atoms with E-state index in [1.165, 1.54) is 9.87 Å². The number of aryl methyl sites for hydroxylation is 2. The maximum atomic E-state index is 13.3. The van der Waals surface area contributed by atoms with Crippen LogP contribution in [0.2, 0.25) is 0 Å². The lowest BCUT2D eigenvalue weighted by molar-refractivity contribution is -0.137. The second-order valence-electron chi connectivity index (χ2n) is 9.00. The van der Waals surface area contributed by atoms with Crippen LogP contribution in [0.5, 0.6) is 11.5 Å². The Morgan fingerprint density at radius 1 is 1.00 bits per heavy atom. The summed E-state index contributed by atoms with van der Waals surface area (Å²) in [4.78, 5) is 15.5. The largest absolute Gasteiger partial charge is 0.493 e. The van der Waals surface area contributed by atoms with Gasteiger partial charge in [-0.25, -0.2) is 8.42 Å². The molecule has 2 aromatic carbocycles. The van der Waals surface area contributed by atoms with Crippen molar-refractivity contribution in [3.05, 3.63) is 53.1 Å². The van der Waals surface area contributed by atoms with Gasteiger partial charge in [-0.05, 0) is 80.0 Å². The normalized spacial score (nSPS) is 16.8. The van der Waals surface area contributed by atoms with Crippen molar-refractivity contribution in [2.75, 3.05) is 33.9 Å². The number of nitrogens with zero attached hydrogens (tertiary/aromatic N) is 2. The number of sulfonamides is 1. The topological polar surface area (TPSA) is 76.2 Å². The summed E-state index contributed by atoms with van der Waals surface area (Å²) in [5.41, 5.74) is 3.38. The quantitative estimate of drug-likeness (QED) is 0.569. The van der Waals surface area contributed by atoms with Crippen molar-refractivity contribution in [2.45, 2.75) is 50.5 Å². The number of fused-ring (bicyclic) bond motifs is 1. The van der Waals surface area contributed by atoms with Gasteiger partial charge in [-0.1, -0.05) is 12.1 Å². The predicted octanol–water partition coefficient (Wildman–Crippen LogP) is 3.64. The van der Waals surface area contributed by atoms with Crippen molar-refractivity contribution in [1.82, 2.24) is 9.21 Å². The fourth-order valence-corrected chi connectivity index (χ4v) is 6.52. The van der Waals surface area contributed by atoms with E-state index in [9.17, 15) is 13.2 Å². The molecule has 0 unspecified atom stereocenters. The van der Waals surface area contributed by atoms with E-state index in [0.717, 1.165) is 30.4 Å². The van der Waals surface area contributed by atoms with Gasteiger partial charge in [0.2, 0.25) is 15.9 Å². The van der Waals surface area contributed by atoms with Crippen LogP contribution < -0.4 is 9.47 Å². The van der Waals surface area contributed by atoms with Crippen molar-refractivity contribution in [3.63, 3.8) is 0 Å². The Morgan fingerprint density at radius 2 is 1.71 bits per heavy atom. The van der Waals surface area contributed by atoms with Crippen LogP contribution >= 0.6 is 0 Å². The highest BCUT2D eigenvalue weighted by atomic mass is 32.2. The van der Waals surface area contributed by atoms with Crippen molar-refractivity contribution >= 4 is 15.9 Å². The molecule has 1 saturated heterocycles. The number of benzene rings is 2. The molecule has 0 atom stereocenters. The molecule has 7 nitrogen and oxygen atoms in total. The molecule has 1 fully saturated rings. The average molecular weight is 487 g/mol. The van der Waals surface area contributed by atoms with Crippen LogP contribution in [0.1, 0.15) is 42.9 Å². The molecule has 0 N–H and O–H groups in total. The van der Waals surface area contributed by atoms with Gasteiger partial charge in [0.25, 0.3) is 0 Å². The molecule has 0 spiro atoms. The maximum Gasteiger partial charge on any atom is 0.243 e. The highest BCUT2D eigenvalue weighted by Gasteiger charge is 2.34. The molecule has 1 heterocycles. The number of carbonyl (C=O) groups is 1. The standard InChI is InChI=1S/C26H34N2O5S/c1-4-27(18-19-8-11-24(32-2)25(16-19)33-3)26(29)21-12-14-28(15-13-21)34(30,31)23-10-9-20-6-5-7-22(20)17-23/h8-11,16-17,21H,4-7,12-15,18H2,1-3H3. The third kappa shape index (κ3) is 4.93. The van der Waals surface area contributed by atoms with Gasteiger partial charge in [0, 0.05) is 32.1 Å². The molecule has 34 heavy (non-hydrogen) atoms. The fraction of sp³-hybridized carbons (Fsp3) is 0.500. The summed E-state index contributed by atoms with van der Waals surface area (Å²) in [6.07, 6.45) is 4.13. The first-order valence-electron chi connectivity index (χ1n) is 12.0. The first kappa shape index (κ1) is 24.5. The van der Waals surface area contributed by atoms with Gasteiger partial charge in [-0.3, -0.25) is 4.79 Å². The van der Waals surface area contributed by atoms with Crippen LogP contribution in [0, 0.1) is 5.92 Å². The second kappa shape index (κ2) is 10.4. The van der Waals surface area contributed by atoms with Crippen LogP contribution in [0.25, 0.3) is 0 Å². The van der Waals surface area contributed by atoms with E-state index >= 15 is 0 Å². The minimum absolute atomic E-state index is 0.0758. The number of piperidine rings is 1. The van der Waals surface area contributed by atoms with E-state index in [0.29, 0.717) is 55.4 Å². The lowest BCUT2D eigenvalue weighted by Crippen LogP contribution is -2.44. The van der Waals surface area contributed by atoms with Gasteiger partial charge < -0.3 is 14.4 Å². The highest BCUT2D eigenvalue weighted by molar-refractivity contribution is 7.89. The molecule has 0 bridgehead atoms. The monoisotopic (exact) mass is 486 g/mol. The zero-order valence-corrected chi connectivity index (χ0v) is 21.1. The molecule has 0 aromatic heterocycles. The van der Waals surface area contributed by atoms with E-state index in [4.69, 9.17) is 9.47 Å². The van der Waals surface area contributed by atoms with Crippen LogP contribution in [0.4, 0.5) is 0 Å². The minimum Gasteiger partial charge on any atom is -0.493 e. The smallest absolute Gasteiger partial charge is 0.243 e. The third-order valence-electron chi connectivity index (χ3n) is 7.03. The molecule has 184 valence electrons. The van der Waals surface area contributed by atoms with Gasteiger partial charge in [-0.15, -0.1) is 0 Å². The summed E-state index contributed by atoms with van der Waals surface area (Å²) < 4.78 is 38.7. The number of methoxy groups -OCH3 is 2. The predicted molar refractivity (Wildman–Crippen MR) is 131 cm³/mol. The van der Waals surface area contributed by atoms with E-state index in [2.05, 4.69) is 0 Å². The molecule has 0 saturated carbocycles. The summed E-state index contributed by atoms with van der Waals surface area (Å²) >= 11 is 0. The SMILES string of the molecule is CCN(Cc1ccc(OC)c(OC)c1)C(=O)C1CCN(S(=O)(=O)c2ccc3c(c2)CCC3)CC1. The molecule has 2 aromatic rings. The first-order chi connectivity index (χ1) is 16.4. The Balaban J connectivity index is 1.39. The number of rotatable bonds is 8. The molecule has 1 amide bonds. The summed E-state index contributed by atoms with van der Waals surface area (Å²) in [6.45, 7) is 3.75. The van der Waals surface area contributed by atoms with Crippen LogP contribution in [0.15, 0.2) is 41.3 Å². The molecule has 2 aliphatic rings. The summed E-state index contributed by atoms with van der Waals surface area (Å²) in [5, 5.41) is 0. The first-order valence-corrected chi connectivity index (χ1v) is 13.4. The third-order valence-corrected chi connectivity index (χ3v) is 8.92. The van der Waals surface area contributed by atoms with Gasteiger partial charge in [0.15, 0.2) is 11.5 Å². The van der Waals surface area contributed by atoms with Crippen molar-refractivity contribution < 1.29 is 22.7 Å². The molecule has 4 rings (SSSR count). The number of amides is 1. The molecular formula is C26H34N2O5S. The van der Waals surface area contributed by atoms with Gasteiger partial charge in [0.05, 0.1) is 19.1 Å². The summed E-state index contributed by atoms with van der Waals surface area (Å²) in [7, 11) is -0.353. The van der Waals surface area contributed by atoms with Crippen molar-refractivity contribution in [1.29, 1.82) is 0 Å². The molecule has 0 radical (unpaired) electrons. The average Bonchev–Trinajstić information content (AvgIpc) is 3.35. The van der Waals surface area contributed by atoms with E-state index in [1.807, 2.05) is 42.2 Å². The van der Waals surface area contributed by atoms with Gasteiger partial charge in [-0.2, -0.15) is 4.31 Å². The highest BCUT2D eigenvalue weighted by Crippen LogP contribution is 2.31. The Hall–Kier alpha value is -2.58. The van der Waals surface area contributed by atoms with E-state index in [1.54, 1.807) is 20.3 Å². The van der Waals surface area contributed by atoms with Crippen LogP contribution in [-0.4, -0.2) is 57.4 Å². The Labute approximate surface area is 202 Å². The summed E-state index contributed by atoms with van der Waals surface area (Å²) in [6, 6.07) is 11.2. The van der Waals surface area contributed by atoms with Gasteiger partial charge in [0.1, 0.15) is 0 Å². The fourth-order valence-electron chi connectivity index (χ4n) is 5.00. The minimum atomic E-state index is -3.54. The zero-order chi connectivity index (χ0) is 24.3. The second-order valence-corrected chi connectivity index (χ2v) is 10.9. The number of carbonyl (C=O) groups excluding carboxylic acids is 1. The number of hydrogen-bond donors (Lipinski definition) is 0. The Morgan fingerprint density at radius 3 is 2.38 bits per heavy atom. The van der Waals surface area contributed by atoms with Crippen molar-refractivity contribution in [3.8, 4) is 11.5 Å². The lowest BCUT2D eigenvalue weighted by atomic mass is 9.96. The van der Waals surface area contributed by atoms with Crippen LogP contribution in [0.3, 0.4) is 0 Å². The summed E-state index contributed by atoms with van der Waals surface area (Å²) in [5.74, 6) is 1.18. The molecule has 1 aliphatic heterocycles.